The minimum atomic E-state index is -0.718. The number of ether oxygens (including phenoxy) is 2. The van der Waals surface area contributed by atoms with Crippen molar-refractivity contribution in [2.75, 3.05) is 13.7 Å². The Morgan fingerprint density at radius 2 is 1.97 bits per heavy atom. The Balaban J connectivity index is 1.51. The van der Waals surface area contributed by atoms with Gasteiger partial charge in [0.2, 0.25) is 0 Å². The van der Waals surface area contributed by atoms with E-state index in [0.717, 1.165) is 17.7 Å². The van der Waals surface area contributed by atoms with Gasteiger partial charge in [0.1, 0.15) is 5.69 Å². The summed E-state index contributed by atoms with van der Waals surface area (Å²) in [5, 5.41) is 7.94. The number of nitrogens with zero attached hydrogens (tertiary/aromatic N) is 3. The summed E-state index contributed by atoms with van der Waals surface area (Å²) in [6.45, 7) is 0.0503. The summed E-state index contributed by atoms with van der Waals surface area (Å²) < 4.78 is 25.0. The number of benzene rings is 2. The van der Waals surface area contributed by atoms with Crippen molar-refractivity contribution < 1.29 is 23.5 Å². The van der Waals surface area contributed by atoms with Gasteiger partial charge in [-0.15, -0.1) is 5.10 Å². The van der Waals surface area contributed by atoms with E-state index in [-0.39, 0.29) is 11.3 Å². The number of ketones is 1. The monoisotopic (exact) mass is 395 g/mol. The van der Waals surface area contributed by atoms with Crippen LogP contribution in [0.4, 0.5) is 4.39 Å². The van der Waals surface area contributed by atoms with Gasteiger partial charge in [-0.1, -0.05) is 35.5 Å². The van der Waals surface area contributed by atoms with Gasteiger partial charge in [-0.25, -0.2) is 13.9 Å². The van der Waals surface area contributed by atoms with Crippen LogP contribution >= 0.6 is 0 Å². The molecule has 0 aliphatic carbocycles. The van der Waals surface area contributed by atoms with E-state index in [1.165, 1.54) is 25.3 Å². The highest BCUT2D eigenvalue weighted by atomic mass is 19.1. The molecule has 0 spiro atoms. The molecular formula is C21H18FN3O4. The summed E-state index contributed by atoms with van der Waals surface area (Å²) in [4.78, 5) is 23.8. The maximum atomic E-state index is 13.6. The average molecular weight is 395 g/mol. The molecule has 0 atom stereocenters. The highest BCUT2D eigenvalue weighted by molar-refractivity contribution is 5.99. The molecule has 8 heteroatoms. The Labute approximate surface area is 166 Å². The van der Waals surface area contributed by atoms with Crippen molar-refractivity contribution in [3.05, 3.63) is 83.4 Å². The van der Waals surface area contributed by atoms with Gasteiger partial charge in [-0.3, -0.25) is 4.79 Å². The van der Waals surface area contributed by atoms with Gasteiger partial charge in [-0.05, 0) is 29.8 Å². The predicted octanol–water partition coefficient (Wildman–Crippen LogP) is 2.91. The molecule has 1 aromatic heterocycles. The predicted molar refractivity (Wildman–Crippen MR) is 103 cm³/mol. The minimum Gasteiger partial charge on any atom is -0.494 e. The van der Waals surface area contributed by atoms with Crippen molar-refractivity contribution in [2.24, 2.45) is 0 Å². The molecule has 2 aromatic carbocycles. The lowest BCUT2D eigenvalue weighted by Gasteiger charge is -2.05. The summed E-state index contributed by atoms with van der Waals surface area (Å²) in [7, 11) is 1.33. The van der Waals surface area contributed by atoms with Gasteiger partial charge in [0.15, 0.2) is 24.0 Å². The molecule has 0 bridgehead atoms. The number of methoxy groups -OCH3 is 1. The van der Waals surface area contributed by atoms with Crippen molar-refractivity contribution >= 4 is 17.8 Å². The van der Waals surface area contributed by atoms with Gasteiger partial charge in [-0.2, -0.15) is 0 Å². The highest BCUT2D eigenvalue weighted by Gasteiger charge is 2.12. The molecule has 0 amide bonds. The lowest BCUT2D eigenvalue weighted by molar-refractivity contribution is -0.136. The summed E-state index contributed by atoms with van der Waals surface area (Å²) in [5.41, 5.74) is 1.63. The third kappa shape index (κ3) is 5.58. The van der Waals surface area contributed by atoms with Crippen LogP contribution in [0.5, 0.6) is 5.75 Å². The van der Waals surface area contributed by atoms with Crippen LogP contribution in [0, 0.1) is 5.82 Å². The molecular weight excluding hydrogens is 377 g/mol. The normalized spacial score (nSPS) is 10.8. The highest BCUT2D eigenvalue weighted by Crippen LogP contribution is 2.18. The van der Waals surface area contributed by atoms with Crippen LogP contribution in [-0.2, 0) is 16.1 Å². The first-order valence-corrected chi connectivity index (χ1v) is 8.71. The number of halogens is 1. The van der Waals surface area contributed by atoms with Crippen LogP contribution in [0.25, 0.3) is 6.08 Å². The average Bonchev–Trinajstić information content (AvgIpc) is 3.18. The van der Waals surface area contributed by atoms with E-state index >= 15 is 0 Å². The van der Waals surface area contributed by atoms with E-state index in [1.54, 1.807) is 10.9 Å². The van der Waals surface area contributed by atoms with Crippen LogP contribution in [0.3, 0.4) is 0 Å². The third-order valence-electron chi connectivity index (χ3n) is 3.95. The summed E-state index contributed by atoms with van der Waals surface area (Å²) in [6.07, 6.45) is 4.27. The Morgan fingerprint density at radius 3 is 2.69 bits per heavy atom. The maximum Gasteiger partial charge on any atom is 0.331 e. The first kappa shape index (κ1) is 19.9. The maximum absolute atomic E-state index is 13.6. The third-order valence-corrected chi connectivity index (χ3v) is 3.95. The first-order chi connectivity index (χ1) is 14.0. The topological polar surface area (TPSA) is 83.3 Å². The molecule has 148 valence electrons. The SMILES string of the molecule is COc1ccc(C(=O)COC(=O)/C=C/c2cn(Cc3ccccc3)nn2)cc1F. The van der Waals surface area contributed by atoms with E-state index in [1.807, 2.05) is 30.3 Å². The fourth-order valence-electron chi connectivity index (χ4n) is 2.50. The molecule has 29 heavy (non-hydrogen) atoms. The molecule has 0 aliphatic rings. The Bertz CT molecular complexity index is 1030. The van der Waals surface area contributed by atoms with E-state index < -0.39 is 24.2 Å². The summed E-state index contributed by atoms with van der Waals surface area (Å²) >= 11 is 0. The molecule has 0 N–H and O–H groups in total. The van der Waals surface area contributed by atoms with Crippen LogP contribution < -0.4 is 4.74 Å². The zero-order chi connectivity index (χ0) is 20.6. The quantitative estimate of drug-likeness (QED) is 0.331. The number of hydrogen-bond donors (Lipinski definition) is 0. The van der Waals surface area contributed by atoms with Crippen LogP contribution in [0.1, 0.15) is 21.6 Å². The molecule has 0 radical (unpaired) electrons. The molecule has 3 rings (SSSR count). The van der Waals surface area contributed by atoms with Gasteiger partial charge in [0, 0.05) is 11.6 Å². The zero-order valence-corrected chi connectivity index (χ0v) is 15.6. The van der Waals surface area contributed by atoms with E-state index in [4.69, 9.17) is 9.47 Å². The summed E-state index contributed by atoms with van der Waals surface area (Å²) in [6, 6.07) is 13.5. The van der Waals surface area contributed by atoms with Crippen molar-refractivity contribution in [1.29, 1.82) is 0 Å². The largest absolute Gasteiger partial charge is 0.494 e. The van der Waals surface area contributed by atoms with Crippen molar-refractivity contribution in [1.82, 2.24) is 15.0 Å². The Hall–Kier alpha value is -3.81. The molecule has 1 heterocycles. The van der Waals surface area contributed by atoms with E-state index in [9.17, 15) is 14.0 Å². The van der Waals surface area contributed by atoms with Gasteiger partial charge in [0.25, 0.3) is 0 Å². The van der Waals surface area contributed by atoms with Gasteiger partial charge < -0.3 is 9.47 Å². The van der Waals surface area contributed by atoms with Crippen LogP contribution in [0.2, 0.25) is 0 Å². The Morgan fingerprint density at radius 1 is 1.17 bits per heavy atom. The second-order valence-corrected chi connectivity index (χ2v) is 6.04. The van der Waals surface area contributed by atoms with Crippen molar-refractivity contribution in [2.45, 2.75) is 6.54 Å². The minimum absolute atomic E-state index is 0.0294. The molecule has 0 saturated carbocycles. The molecule has 0 saturated heterocycles. The number of Topliss-reactive ketones (excluding diaryl/α,β-unsaturated/α-hetero) is 1. The number of esters is 1. The molecule has 0 aliphatic heterocycles. The fraction of sp³-hybridized carbons (Fsp3) is 0.143. The number of aromatic nitrogens is 3. The standard InChI is InChI=1S/C21H18FN3O4/c1-28-20-9-7-16(11-18(20)22)19(26)14-29-21(27)10-8-17-13-25(24-23-17)12-15-5-3-2-4-6-15/h2-11,13H,12,14H2,1H3/b10-8+. The van der Waals surface area contributed by atoms with Crippen molar-refractivity contribution in [3.8, 4) is 5.75 Å². The van der Waals surface area contributed by atoms with E-state index in [0.29, 0.717) is 12.2 Å². The second kappa shape index (κ2) is 9.41. The van der Waals surface area contributed by atoms with Crippen LogP contribution in [-0.4, -0.2) is 40.5 Å². The fourth-order valence-corrected chi connectivity index (χ4v) is 2.50. The van der Waals surface area contributed by atoms with Crippen LogP contribution in [0.15, 0.2) is 60.8 Å². The lowest BCUT2D eigenvalue weighted by Crippen LogP contribution is -2.12. The second-order valence-electron chi connectivity index (χ2n) is 6.04. The zero-order valence-electron chi connectivity index (χ0n) is 15.6. The molecule has 7 nitrogen and oxygen atoms in total. The summed E-state index contributed by atoms with van der Waals surface area (Å²) in [5.74, 6) is -1.88. The Kier molecular flexibility index (Phi) is 6.47. The van der Waals surface area contributed by atoms with Gasteiger partial charge in [0.05, 0.1) is 19.9 Å². The molecule has 3 aromatic rings. The number of rotatable bonds is 8. The number of hydrogen-bond acceptors (Lipinski definition) is 6. The van der Waals surface area contributed by atoms with Gasteiger partial charge >= 0.3 is 5.97 Å². The molecule has 0 unspecified atom stereocenters. The van der Waals surface area contributed by atoms with Crippen molar-refractivity contribution in [3.63, 3.8) is 0 Å². The number of carbonyl (C=O) groups excluding carboxylic acids is 2. The number of carbonyl (C=O) groups is 2. The smallest absolute Gasteiger partial charge is 0.331 e. The first-order valence-electron chi connectivity index (χ1n) is 8.71. The molecule has 0 fully saturated rings. The van der Waals surface area contributed by atoms with E-state index in [2.05, 4.69) is 10.3 Å². The lowest BCUT2D eigenvalue weighted by atomic mass is 10.1.